The molecule has 0 heterocycles. The Morgan fingerprint density at radius 3 is 2.44 bits per heavy atom. The van der Waals surface area contributed by atoms with Crippen LogP contribution in [0.3, 0.4) is 0 Å². The Hall–Kier alpha value is -2.17. The minimum atomic E-state index is -0.562. The molecule has 1 rings (SSSR count). The summed E-state index contributed by atoms with van der Waals surface area (Å²) < 4.78 is 0. The van der Waals surface area contributed by atoms with Crippen LogP contribution in [0.5, 0.6) is 11.5 Å². The van der Waals surface area contributed by atoms with Crippen LogP contribution in [0.2, 0.25) is 0 Å². The van der Waals surface area contributed by atoms with Gasteiger partial charge in [-0.3, -0.25) is 4.79 Å². The van der Waals surface area contributed by atoms with E-state index in [-0.39, 0.29) is 11.5 Å². The van der Waals surface area contributed by atoms with Gasteiger partial charge < -0.3 is 10.2 Å². The van der Waals surface area contributed by atoms with E-state index in [0.29, 0.717) is 11.1 Å². The van der Waals surface area contributed by atoms with Gasteiger partial charge in [0.25, 0.3) is 0 Å². The van der Waals surface area contributed by atoms with E-state index in [4.69, 9.17) is 0 Å². The van der Waals surface area contributed by atoms with Gasteiger partial charge in [-0.1, -0.05) is 0 Å². The summed E-state index contributed by atoms with van der Waals surface area (Å²) in [6, 6.07) is 2.53. The van der Waals surface area contributed by atoms with Crippen LogP contribution in [0.15, 0.2) is 22.9 Å². The van der Waals surface area contributed by atoms with Crippen LogP contribution in [-0.4, -0.2) is 16.0 Å². The molecule has 0 radical (unpaired) electrons. The van der Waals surface area contributed by atoms with Gasteiger partial charge in [0.05, 0.1) is 0 Å². The molecule has 2 N–H and O–H groups in total. The summed E-state index contributed by atoms with van der Waals surface area (Å²) in [5.74, 6) is -1.12. The molecule has 84 valence electrons. The molecule has 0 aliphatic carbocycles. The topological polar surface area (TPSA) is 87.0 Å². The summed E-state index contributed by atoms with van der Waals surface area (Å²) in [7, 11) is 0. The van der Waals surface area contributed by atoms with Crippen molar-refractivity contribution < 1.29 is 15.0 Å². The van der Waals surface area contributed by atoms with Crippen LogP contribution in [0, 0.1) is 4.91 Å². The first-order valence-electron chi connectivity index (χ1n) is 4.54. The molecule has 16 heavy (non-hydrogen) atoms. The molecule has 0 bridgehead atoms. The Balaban J connectivity index is 3.27. The fourth-order valence-corrected chi connectivity index (χ4v) is 1.13. The molecule has 0 spiro atoms. The van der Waals surface area contributed by atoms with Crippen molar-refractivity contribution in [1.82, 2.24) is 0 Å². The van der Waals surface area contributed by atoms with Crippen LogP contribution >= 0.6 is 0 Å². The van der Waals surface area contributed by atoms with Gasteiger partial charge in [-0.2, -0.15) is 0 Å². The summed E-state index contributed by atoms with van der Waals surface area (Å²) in [6.45, 7) is 3.02. The summed E-state index contributed by atoms with van der Waals surface area (Å²) in [5.41, 5.74) is 0.641. The smallest absolute Gasteiger partial charge is 0.187 e. The molecular weight excluding hydrogens is 210 g/mol. The van der Waals surface area contributed by atoms with Gasteiger partial charge in [-0.25, -0.2) is 0 Å². The minimum absolute atomic E-state index is 0.117. The second-order valence-electron chi connectivity index (χ2n) is 3.38. The van der Waals surface area contributed by atoms with E-state index in [0.717, 1.165) is 0 Å². The molecule has 1 aromatic rings. The number of nitrogens with zero attached hydrogens (tertiary/aromatic N) is 1. The van der Waals surface area contributed by atoms with E-state index in [9.17, 15) is 19.9 Å². The zero-order chi connectivity index (χ0) is 12.3. The van der Waals surface area contributed by atoms with Crippen molar-refractivity contribution in [3.8, 4) is 11.5 Å². The van der Waals surface area contributed by atoms with E-state index < -0.39 is 11.5 Å². The van der Waals surface area contributed by atoms with E-state index in [1.54, 1.807) is 6.92 Å². The number of hydrogen-bond acceptors (Lipinski definition) is 5. The van der Waals surface area contributed by atoms with Crippen molar-refractivity contribution in [2.75, 3.05) is 0 Å². The molecule has 0 saturated carbocycles. The maximum absolute atomic E-state index is 11.0. The van der Waals surface area contributed by atoms with Crippen LogP contribution in [0.1, 0.15) is 19.4 Å². The maximum Gasteiger partial charge on any atom is 0.187 e. The second kappa shape index (κ2) is 4.57. The average molecular weight is 221 g/mol. The molecule has 0 atom stereocenters. The predicted molar refractivity (Wildman–Crippen MR) is 59.6 cm³/mol. The molecule has 0 fully saturated rings. The number of phenols is 2. The Morgan fingerprint density at radius 1 is 1.31 bits per heavy atom. The van der Waals surface area contributed by atoms with Gasteiger partial charge in [-0.15, -0.1) is 4.91 Å². The Morgan fingerprint density at radius 2 is 1.94 bits per heavy atom. The zero-order valence-electron chi connectivity index (χ0n) is 8.89. The highest BCUT2D eigenvalue weighted by atomic mass is 16.3. The van der Waals surface area contributed by atoms with Crippen LogP contribution in [0.4, 0.5) is 5.69 Å². The highest BCUT2D eigenvalue weighted by molar-refractivity contribution is 5.97. The van der Waals surface area contributed by atoms with Crippen LogP contribution < -0.4 is 0 Å². The zero-order valence-corrected chi connectivity index (χ0v) is 8.89. The Bertz CT molecular complexity index is 477. The lowest BCUT2D eigenvalue weighted by atomic mass is 10.1. The molecule has 5 heteroatoms. The third-order valence-electron chi connectivity index (χ3n) is 2.13. The first-order valence-corrected chi connectivity index (χ1v) is 4.54. The normalized spacial score (nSPS) is 11.2. The van der Waals surface area contributed by atoms with E-state index >= 15 is 0 Å². The number of Topliss-reactive ketones (excluding diaryl/α,β-unsaturated/α-hetero) is 1. The van der Waals surface area contributed by atoms with E-state index in [1.807, 2.05) is 0 Å². The molecule has 0 aliphatic heterocycles. The molecule has 5 nitrogen and oxygen atoms in total. The fraction of sp³-hybridized carbons (Fsp3) is 0.182. The molecule has 0 aromatic heterocycles. The summed E-state index contributed by atoms with van der Waals surface area (Å²) in [5, 5.41) is 21.1. The second-order valence-corrected chi connectivity index (χ2v) is 3.38. The number of aromatic hydroxyl groups is 2. The highest BCUT2D eigenvalue weighted by Crippen LogP contribution is 2.36. The van der Waals surface area contributed by atoms with Gasteiger partial charge in [0.15, 0.2) is 23.0 Å². The number of rotatable bonds is 3. The number of carbonyl (C=O) groups excluding carboxylic acids is 1. The number of benzene rings is 1. The first-order chi connectivity index (χ1) is 7.45. The molecule has 0 amide bonds. The van der Waals surface area contributed by atoms with Gasteiger partial charge >= 0.3 is 0 Å². The quantitative estimate of drug-likeness (QED) is 0.466. The third kappa shape index (κ3) is 2.44. The number of carbonyl (C=O) groups is 1. The molecular formula is C11H11NO4. The Labute approximate surface area is 92.0 Å². The van der Waals surface area contributed by atoms with Crippen molar-refractivity contribution in [3.05, 3.63) is 28.2 Å². The fourth-order valence-electron chi connectivity index (χ4n) is 1.13. The predicted octanol–water partition coefficient (Wildman–Crippen LogP) is 2.49. The van der Waals surface area contributed by atoms with Crippen molar-refractivity contribution >= 4 is 17.5 Å². The monoisotopic (exact) mass is 221 g/mol. The van der Waals surface area contributed by atoms with E-state index in [1.165, 1.54) is 25.1 Å². The largest absolute Gasteiger partial charge is 0.504 e. The van der Waals surface area contributed by atoms with Crippen molar-refractivity contribution in [2.24, 2.45) is 5.18 Å². The molecule has 0 aliphatic rings. The number of allylic oxidation sites excluding steroid dienone is 1. The minimum Gasteiger partial charge on any atom is -0.504 e. The molecule has 1 aromatic carbocycles. The number of nitroso groups, excluding NO2 is 1. The van der Waals surface area contributed by atoms with Crippen molar-refractivity contribution in [1.29, 1.82) is 0 Å². The summed E-state index contributed by atoms with van der Waals surface area (Å²) >= 11 is 0. The standard InChI is InChI=1S/C11H11NO4/c1-6(7(2)13)3-8-4-9(12-16)11(15)10(14)5-8/h3-5,14-15H,1-2H3/b6-3+. The van der Waals surface area contributed by atoms with Crippen LogP contribution in [0.25, 0.3) is 6.08 Å². The van der Waals surface area contributed by atoms with Crippen LogP contribution in [-0.2, 0) is 4.79 Å². The van der Waals surface area contributed by atoms with Gasteiger partial charge in [0.1, 0.15) is 0 Å². The number of ketones is 1. The lowest BCUT2D eigenvalue weighted by Crippen LogP contribution is -1.90. The van der Waals surface area contributed by atoms with Gasteiger partial charge in [-0.05, 0) is 48.4 Å². The SMILES string of the molecule is CC(=O)/C(C)=C/c1cc(O)c(O)c(N=O)c1. The maximum atomic E-state index is 11.0. The summed E-state index contributed by atoms with van der Waals surface area (Å²) in [4.78, 5) is 21.3. The highest BCUT2D eigenvalue weighted by Gasteiger charge is 2.09. The third-order valence-corrected chi connectivity index (χ3v) is 2.13. The average Bonchev–Trinajstić information content (AvgIpc) is 2.22. The molecule has 0 saturated heterocycles. The van der Waals surface area contributed by atoms with Crippen molar-refractivity contribution in [3.63, 3.8) is 0 Å². The van der Waals surface area contributed by atoms with Crippen molar-refractivity contribution in [2.45, 2.75) is 13.8 Å². The lowest BCUT2D eigenvalue weighted by molar-refractivity contribution is -0.113. The number of phenolic OH excluding ortho intramolecular Hbond substituents is 2. The summed E-state index contributed by atoms with van der Waals surface area (Å²) in [6.07, 6.45) is 1.50. The Kier molecular flexibility index (Phi) is 3.40. The van der Waals surface area contributed by atoms with E-state index in [2.05, 4.69) is 5.18 Å². The van der Waals surface area contributed by atoms with Gasteiger partial charge in [0, 0.05) is 0 Å². The number of hydrogen-bond donors (Lipinski definition) is 2. The first kappa shape index (κ1) is 11.9. The van der Waals surface area contributed by atoms with Gasteiger partial charge in [0.2, 0.25) is 0 Å². The lowest BCUT2D eigenvalue weighted by Gasteiger charge is -2.02. The molecule has 0 unspecified atom stereocenters.